The van der Waals surface area contributed by atoms with E-state index >= 15 is 0 Å². The molecule has 0 aliphatic carbocycles. The molecule has 1 aliphatic heterocycles. The molecule has 0 aromatic heterocycles. The van der Waals surface area contributed by atoms with Gasteiger partial charge in [-0.05, 0) is 20.8 Å². The zero-order chi connectivity index (χ0) is 17.5. The molecule has 1 saturated heterocycles. The van der Waals surface area contributed by atoms with Crippen LogP contribution in [-0.4, -0.2) is 64.7 Å². The molecule has 132 valence electrons. The number of carbonyl (C=O) groups excluding carboxylic acids is 2. The number of hydrogen-bond acceptors (Lipinski definition) is 6. The maximum absolute atomic E-state index is 11.6. The summed E-state index contributed by atoms with van der Waals surface area (Å²) in [6.45, 7) is 6.80. The molecule has 1 rings (SSSR count). The Bertz CT molecular complexity index is 439. The number of aliphatic carboxylic acids is 1. The zero-order valence-electron chi connectivity index (χ0n) is 13.7. The van der Waals surface area contributed by atoms with Crippen molar-refractivity contribution in [2.75, 3.05) is 31.1 Å². The van der Waals surface area contributed by atoms with Crippen LogP contribution in [-0.2, 0) is 14.3 Å². The summed E-state index contributed by atoms with van der Waals surface area (Å²) >= 11 is 0. The normalized spacial score (nSPS) is 18.1. The molecule has 2 N–H and O–H groups in total. The summed E-state index contributed by atoms with van der Waals surface area (Å²) in [6.07, 6.45) is -0.321. The van der Waals surface area contributed by atoms with Gasteiger partial charge in [-0.25, -0.2) is 4.79 Å². The minimum Gasteiger partial charge on any atom is -0.481 e. The SMILES string of the molecule is CC(C)(C)OC(=O)NCCSSCCN1CC(C(=O)O)CC1=O. The standard InChI is InChI=1S/C14H24N2O5S2/c1-14(2,3)21-13(20)15-4-6-22-23-7-5-16-9-10(12(18)19)8-11(16)17/h10H,4-9H2,1-3H3,(H,15,20)(H,18,19). The number of carboxylic acid groups (broad SMARTS) is 1. The predicted molar refractivity (Wildman–Crippen MR) is 91.5 cm³/mol. The van der Waals surface area contributed by atoms with E-state index in [1.807, 2.05) is 20.8 Å². The van der Waals surface area contributed by atoms with Crippen molar-refractivity contribution in [1.29, 1.82) is 0 Å². The molecule has 0 aromatic carbocycles. The highest BCUT2D eigenvalue weighted by Crippen LogP contribution is 2.23. The molecule has 0 radical (unpaired) electrons. The van der Waals surface area contributed by atoms with E-state index in [0.29, 0.717) is 19.6 Å². The third-order valence-corrected chi connectivity index (χ3v) is 5.33. The van der Waals surface area contributed by atoms with Crippen molar-refractivity contribution >= 4 is 39.6 Å². The van der Waals surface area contributed by atoms with E-state index < -0.39 is 23.6 Å². The van der Waals surface area contributed by atoms with E-state index in [1.54, 1.807) is 26.5 Å². The largest absolute Gasteiger partial charge is 0.481 e. The Kier molecular flexibility index (Phi) is 8.04. The lowest BCUT2D eigenvalue weighted by atomic mass is 10.1. The molecule has 1 aliphatic rings. The first-order valence-corrected chi connectivity index (χ1v) is 9.89. The lowest BCUT2D eigenvalue weighted by Crippen LogP contribution is -2.33. The molecule has 1 unspecified atom stereocenters. The number of likely N-dealkylation sites (tertiary alicyclic amines) is 1. The monoisotopic (exact) mass is 364 g/mol. The van der Waals surface area contributed by atoms with Gasteiger partial charge in [0.2, 0.25) is 5.91 Å². The maximum atomic E-state index is 11.6. The van der Waals surface area contributed by atoms with Gasteiger partial charge >= 0.3 is 12.1 Å². The van der Waals surface area contributed by atoms with Crippen molar-refractivity contribution in [3.05, 3.63) is 0 Å². The molecule has 0 spiro atoms. The van der Waals surface area contributed by atoms with Crippen LogP contribution in [0.25, 0.3) is 0 Å². The van der Waals surface area contributed by atoms with E-state index in [2.05, 4.69) is 5.32 Å². The lowest BCUT2D eigenvalue weighted by molar-refractivity contribution is -0.141. The summed E-state index contributed by atoms with van der Waals surface area (Å²) < 4.78 is 5.12. The molecular weight excluding hydrogens is 340 g/mol. The highest BCUT2D eigenvalue weighted by Gasteiger charge is 2.33. The van der Waals surface area contributed by atoms with Crippen LogP contribution >= 0.6 is 21.6 Å². The van der Waals surface area contributed by atoms with Crippen LogP contribution in [0.1, 0.15) is 27.2 Å². The fraction of sp³-hybridized carbons (Fsp3) is 0.786. The Hall–Kier alpha value is -1.09. The van der Waals surface area contributed by atoms with Gasteiger partial charge in [-0.3, -0.25) is 9.59 Å². The second kappa shape index (κ2) is 9.27. The molecule has 0 bridgehead atoms. The van der Waals surface area contributed by atoms with Crippen LogP contribution in [0.15, 0.2) is 0 Å². The van der Waals surface area contributed by atoms with Gasteiger partial charge in [0.25, 0.3) is 0 Å². The average Bonchev–Trinajstić information content (AvgIpc) is 2.77. The fourth-order valence-corrected chi connectivity index (χ4v) is 3.82. The number of nitrogens with zero attached hydrogens (tertiary/aromatic N) is 1. The second-order valence-electron chi connectivity index (χ2n) is 6.15. The zero-order valence-corrected chi connectivity index (χ0v) is 15.3. The van der Waals surface area contributed by atoms with Crippen LogP contribution in [0.2, 0.25) is 0 Å². The minimum absolute atomic E-state index is 0.0883. The van der Waals surface area contributed by atoms with Gasteiger partial charge in [0.1, 0.15) is 5.60 Å². The van der Waals surface area contributed by atoms with Crippen molar-refractivity contribution in [1.82, 2.24) is 10.2 Å². The summed E-state index contributed by atoms with van der Waals surface area (Å²) in [5.41, 5.74) is -0.498. The third-order valence-electron chi connectivity index (χ3n) is 2.95. The highest BCUT2D eigenvalue weighted by atomic mass is 33.1. The van der Waals surface area contributed by atoms with Crippen LogP contribution in [0.3, 0.4) is 0 Å². The smallest absolute Gasteiger partial charge is 0.407 e. The van der Waals surface area contributed by atoms with Gasteiger partial charge in [0.15, 0.2) is 0 Å². The summed E-state index contributed by atoms with van der Waals surface area (Å²) in [5.74, 6) is -0.103. The summed E-state index contributed by atoms with van der Waals surface area (Å²) in [7, 11) is 3.20. The van der Waals surface area contributed by atoms with E-state index in [-0.39, 0.29) is 12.3 Å². The van der Waals surface area contributed by atoms with E-state index in [9.17, 15) is 14.4 Å². The van der Waals surface area contributed by atoms with E-state index in [0.717, 1.165) is 11.5 Å². The van der Waals surface area contributed by atoms with Crippen molar-refractivity contribution in [3.8, 4) is 0 Å². The van der Waals surface area contributed by atoms with Gasteiger partial charge in [-0.2, -0.15) is 0 Å². The number of nitrogens with one attached hydrogen (secondary N) is 1. The number of alkyl carbamates (subject to hydrolysis) is 1. The fourth-order valence-electron chi connectivity index (χ4n) is 1.93. The summed E-state index contributed by atoms with van der Waals surface area (Å²) in [5, 5.41) is 11.6. The van der Waals surface area contributed by atoms with Crippen molar-refractivity contribution in [2.24, 2.45) is 5.92 Å². The second-order valence-corrected chi connectivity index (χ2v) is 8.85. The molecule has 9 heteroatoms. The number of rotatable bonds is 8. The highest BCUT2D eigenvalue weighted by molar-refractivity contribution is 8.76. The summed E-state index contributed by atoms with van der Waals surface area (Å²) in [4.78, 5) is 35.5. The number of amides is 2. The molecule has 23 heavy (non-hydrogen) atoms. The van der Waals surface area contributed by atoms with Crippen molar-refractivity contribution < 1.29 is 24.2 Å². The molecule has 0 aromatic rings. The minimum atomic E-state index is -0.906. The van der Waals surface area contributed by atoms with Crippen LogP contribution in [0, 0.1) is 5.92 Å². The van der Waals surface area contributed by atoms with Crippen LogP contribution in [0.5, 0.6) is 0 Å². The first-order valence-electron chi connectivity index (χ1n) is 7.41. The van der Waals surface area contributed by atoms with E-state index in [4.69, 9.17) is 9.84 Å². The Morgan fingerprint density at radius 1 is 1.35 bits per heavy atom. The molecule has 1 fully saturated rings. The summed E-state index contributed by atoms with van der Waals surface area (Å²) in [6, 6.07) is 0. The first-order chi connectivity index (χ1) is 10.7. The number of hydrogen-bond donors (Lipinski definition) is 2. The topological polar surface area (TPSA) is 95.9 Å². The van der Waals surface area contributed by atoms with E-state index in [1.165, 1.54) is 0 Å². The Balaban J connectivity index is 2.03. The Labute approximate surface area is 144 Å². The predicted octanol–water partition coefficient (Wildman–Crippen LogP) is 1.83. The number of ether oxygens (including phenoxy) is 1. The van der Waals surface area contributed by atoms with Gasteiger partial charge < -0.3 is 20.1 Å². The first kappa shape index (κ1) is 20.0. The van der Waals surface area contributed by atoms with Gasteiger partial charge in [0.05, 0.1) is 5.92 Å². The molecular formula is C14H24N2O5S2. The number of carbonyl (C=O) groups is 3. The molecule has 7 nitrogen and oxygen atoms in total. The maximum Gasteiger partial charge on any atom is 0.407 e. The Morgan fingerprint density at radius 3 is 2.57 bits per heavy atom. The molecule has 0 saturated carbocycles. The van der Waals surface area contributed by atoms with Crippen LogP contribution < -0.4 is 5.32 Å². The molecule has 1 atom stereocenters. The average molecular weight is 364 g/mol. The molecule has 1 heterocycles. The van der Waals surface area contributed by atoms with Gasteiger partial charge in [0, 0.05) is 37.6 Å². The quantitative estimate of drug-likeness (QED) is 0.501. The van der Waals surface area contributed by atoms with Crippen molar-refractivity contribution in [3.63, 3.8) is 0 Å². The lowest BCUT2D eigenvalue weighted by Gasteiger charge is -2.19. The van der Waals surface area contributed by atoms with Crippen LogP contribution in [0.4, 0.5) is 4.79 Å². The number of carboxylic acids is 1. The van der Waals surface area contributed by atoms with Gasteiger partial charge in [-0.1, -0.05) is 21.6 Å². The van der Waals surface area contributed by atoms with Gasteiger partial charge in [-0.15, -0.1) is 0 Å². The molecule has 2 amide bonds. The Morgan fingerprint density at radius 2 is 2.00 bits per heavy atom. The third kappa shape index (κ3) is 8.36. The van der Waals surface area contributed by atoms with Crippen molar-refractivity contribution in [2.45, 2.75) is 32.8 Å².